The summed E-state index contributed by atoms with van der Waals surface area (Å²) < 4.78 is 0. The van der Waals surface area contributed by atoms with E-state index in [1.165, 1.54) is 70.6 Å². The molecule has 0 aliphatic carbocycles. The molecule has 0 unspecified atom stereocenters. The minimum absolute atomic E-state index is 0.141. The molecule has 0 aromatic rings. The summed E-state index contributed by atoms with van der Waals surface area (Å²) in [5, 5.41) is 8.54. The van der Waals surface area contributed by atoms with Gasteiger partial charge in [-0.2, -0.15) is 0 Å². The van der Waals surface area contributed by atoms with E-state index in [1.807, 2.05) is 12.2 Å². The molecule has 0 bridgehead atoms. The first kappa shape index (κ1) is 17.4. The lowest BCUT2D eigenvalue weighted by atomic mass is 10.1. The lowest BCUT2D eigenvalue weighted by Gasteiger charge is -2.01. The maximum atomic E-state index is 8.54. The first-order valence-electron chi connectivity index (χ1n) is 7.84. The van der Waals surface area contributed by atoms with Crippen molar-refractivity contribution in [3.05, 3.63) is 24.3 Å². The van der Waals surface area contributed by atoms with Crippen molar-refractivity contribution in [2.45, 2.75) is 77.6 Å². The fraction of sp³-hybridized carbons (Fsp3) is 0.765. The maximum Gasteiger partial charge on any atom is 0.0615 e. The van der Waals surface area contributed by atoms with Crippen molar-refractivity contribution in [3.8, 4) is 0 Å². The van der Waals surface area contributed by atoms with E-state index in [0.29, 0.717) is 0 Å². The van der Waals surface area contributed by atoms with E-state index in [2.05, 4.69) is 13.0 Å². The van der Waals surface area contributed by atoms with E-state index >= 15 is 0 Å². The van der Waals surface area contributed by atoms with Gasteiger partial charge in [0.25, 0.3) is 0 Å². The molecule has 0 fully saturated rings. The highest BCUT2D eigenvalue weighted by atomic mass is 16.2. The predicted octanol–water partition coefficient (Wildman–Crippen LogP) is 5.40. The van der Waals surface area contributed by atoms with Crippen LogP contribution in [-0.2, 0) is 0 Å². The van der Waals surface area contributed by atoms with Gasteiger partial charge in [-0.1, -0.05) is 89.0 Å². The molecule has 1 heteroatoms. The molecule has 106 valence electrons. The van der Waals surface area contributed by atoms with E-state index in [4.69, 9.17) is 5.11 Å². The lowest BCUT2D eigenvalue weighted by Crippen LogP contribution is -1.81. The maximum absolute atomic E-state index is 8.54. The molecule has 0 amide bonds. The average molecular weight is 252 g/mol. The second-order valence-electron chi connectivity index (χ2n) is 5.01. The minimum Gasteiger partial charge on any atom is -0.392 e. The fourth-order valence-electron chi connectivity index (χ4n) is 2.06. The first-order chi connectivity index (χ1) is 8.91. The van der Waals surface area contributed by atoms with Crippen molar-refractivity contribution in [2.75, 3.05) is 6.61 Å². The average Bonchev–Trinajstić information content (AvgIpc) is 2.39. The molecule has 1 nitrogen and oxygen atoms in total. The minimum atomic E-state index is 0.141. The Morgan fingerprint density at radius 3 is 1.72 bits per heavy atom. The van der Waals surface area contributed by atoms with Gasteiger partial charge in [-0.3, -0.25) is 0 Å². The Labute approximate surface area is 114 Å². The van der Waals surface area contributed by atoms with Crippen molar-refractivity contribution in [2.24, 2.45) is 0 Å². The van der Waals surface area contributed by atoms with Gasteiger partial charge in [0.05, 0.1) is 6.61 Å². The molecular formula is C17H32O. The third-order valence-corrected chi connectivity index (χ3v) is 3.21. The zero-order valence-corrected chi connectivity index (χ0v) is 12.2. The SMILES string of the molecule is CCCCCCCCCCCC/C=C/C=C/CO. The predicted molar refractivity (Wildman–Crippen MR) is 81.8 cm³/mol. The van der Waals surface area contributed by atoms with Crippen LogP contribution in [0.3, 0.4) is 0 Å². The molecule has 0 atom stereocenters. The molecule has 0 rings (SSSR count). The Bertz CT molecular complexity index is 194. The Balaban J connectivity index is 3.03. The highest BCUT2D eigenvalue weighted by Crippen LogP contribution is 2.11. The van der Waals surface area contributed by atoms with Gasteiger partial charge in [-0.05, 0) is 12.8 Å². The summed E-state index contributed by atoms with van der Waals surface area (Å²) in [6.07, 6.45) is 23.0. The molecule has 0 aliphatic rings. The van der Waals surface area contributed by atoms with E-state index < -0.39 is 0 Å². The van der Waals surface area contributed by atoms with Crippen LogP contribution in [0.5, 0.6) is 0 Å². The number of rotatable bonds is 13. The molecule has 0 saturated heterocycles. The van der Waals surface area contributed by atoms with Gasteiger partial charge in [-0.25, -0.2) is 0 Å². The zero-order chi connectivity index (χ0) is 13.3. The first-order valence-corrected chi connectivity index (χ1v) is 7.84. The van der Waals surface area contributed by atoms with Gasteiger partial charge < -0.3 is 5.11 Å². The van der Waals surface area contributed by atoms with Gasteiger partial charge in [0.15, 0.2) is 0 Å². The monoisotopic (exact) mass is 252 g/mol. The summed E-state index contributed by atoms with van der Waals surface area (Å²) in [5.41, 5.74) is 0. The van der Waals surface area contributed by atoms with Gasteiger partial charge in [0, 0.05) is 0 Å². The Morgan fingerprint density at radius 1 is 0.667 bits per heavy atom. The van der Waals surface area contributed by atoms with Crippen LogP contribution in [0.1, 0.15) is 77.6 Å². The molecule has 0 saturated carbocycles. The molecule has 1 N–H and O–H groups in total. The number of aliphatic hydroxyl groups excluding tert-OH is 1. The Kier molecular flexibility index (Phi) is 15.9. The van der Waals surface area contributed by atoms with Gasteiger partial charge in [0.1, 0.15) is 0 Å². The topological polar surface area (TPSA) is 20.2 Å². The smallest absolute Gasteiger partial charge is 0.0615 e. The van der Waals surface area contributed by atoms with Gasteiger partial charge >= 0.3 is 0 Å². The number of hydrogen-bond donors (Lipinski definition) is 1. The second kappa shape index (κ2) is 16.4. The Morgan fingerprint density at radius 2 is 1.17 bits per heavy atom. The van der Waals surface area contributed by atoms with E-state index in [-0.39, 0.29) is 6.61 Å². The Hall–Kier alpha value is -0.560. The van der Waals surface area contributed by atoms with Gasteiger partial charge in [-0.15, -0.1) is 0 Å². The molecule has 18 heavy (non-hydrogen) atoms. The quantitative estimate of drug-likeness (QED) is 0.343. The van der Waals surface area contributed by atoms with Crippen molar-refractivity contribution >= 4 is 0 Å². The van der Waals surface area contributed by atoms with Crippen LogP contribution < -0.4 is 0 Å². The number of aliphatic hydroxyl groups is 1. The summed E-state index contributed by atoms with van der Waals surface area (Å²) in [6, 6.07) is 0. The molecular weight excluding hydrogens is 220 g/mol. The molecule has 0 heterocycles. The van der Waals surface area contributed by atoms with Crippen molar-refractivity contribution < 1.29 is 5.11 Å². The van der Waals surface area contributed by atoms with Crippen LogP contribution in [0, 0.1) is 0 Å². The van der Waals surface area contributed by atoms with E-state index in [1.54, 1.807) is 6.08 Å². The largest absolute Gasteiger partial charge is 0.392 e. The number of unbranched alkanes of at least 4 members (excludes halogenated alkanes) is 10. The summed E-state index contributed by atoms with van der Waals surface area (Å²) >= 11 is 0. The second-order valence-corrected chi connectivity index (χ2v) is 5.01. The summed E-state index contributed by atoms with van der Waals surface area (Å²) in [6.45, 7) is 2.41. The molecule has 0 aliphatic heterocycles. The van der Waals surface area contributed by atoms with Crippen molar-refractivity contribution in [3.63, 3.8) is 0 Å². The van der Waals surface area contributed by atoms with Gasteiger partial charge in [0.2, 0.25) is 0 Å². The van der Waals surface area contributed by atoms with Crippen LogP contribution in [0.4, 0.5) is 0 Å². The third kappa shape index (κ3) is 15.4. The highest BCUT2D eigenvalue weighted by Gasteiger charge is 1.91. The van der Waals surface area contributed by atoms with Crippen LogP contribution in [0.2, 0.25) is 0 Å². The number of hydrogen-bond acceptors (Lipinski definition) is 1. The fourth-order valence-corrected chi connectivity index (χ4v) is 2.06. The normalized spacial score (nSPS) is 11.9. The summed E-state index contributed by atoms with van der Waals surface area (Å²) in [4.78, 5) is 0. The third-order valence-electron chi connectivity index (χ3n) is 3.21. The standard InChI is InChI=1S/C17H32O/c1-2-3-4-5-6-7-8-9-10-11-12-13-14-15-16-17-18/h13-16,18H,2-12,17H2,1H3/b14-13+,16-15+. The van der Waals surface area contributed by atoms with Crippen LogP contribution in [0.25, 0.3) is 0 Å². The van der Waals surface area contributed by atoms with Crippen LogP contribution >= 0.6 is 0 Å². The molecule has 0 radical (unpaired) electrons. The number of allylic oxidation sites excluding steroid dienone is 3. The molecule has 0 spiro atoms. The molecule has 0 aromatic carbocycles. The van der Waals surface area contributed by atoms with Crippen molar-refractivity contribution in [1.82, 2.24) is 0 Å². The van der Waals surface area contributed by atoms with E-state index in [0.717, 1.165) is 0 Å². The zero-order valence-electron chi connectivity index (χ0n) is 12.2. The van der Waals surface area contributed by atoms with Crippen LogP contribution in [-0.4, -0.2) is 11.7 Å². The summed E-state index contributed by atoms with van der Waals surface area (Å²) in [5.74, 6) is 0. The van der Waals surface area contributed by atoms with E-state index in [9.17, 15) is 0 Å². The summed E-state index contributed by atoms with van der Waals surface area (Å²) in [7, 11) is 0. The molecule has 0 aromatic heterocycles. The lowest BCUT2D eigenvalue weighted by molar-refractivity contribution is 0.343. The van der Waals surface area contributed by atoms with Crippen LogP contribution in [0.15, 0.2) is 24.3 Å². The highest BCUT2D eigenvalue weighted by molar-refractivity contribution is 5.02. The van der Waals surface area contributed by atoms with Crippen molar-refractivity contribution in [1.29, 1.82) is 0 Å².